The number of carbonyl (C=O) groups excluding carboxylic acids is 2. The topological polar surface area (TPSA) is 74.0 Å². The molecule has 1 atom stereocenters. The fraction of sp³-hybridized carbons (Fsp3) is 0.364. The molecule has 2 aromatic rings. The quantitative estimate of drug-likeness (QED) is 0.723. The number of aliphatic hydroxyl groups is 1. The fourth-order valence-corrected chi connectivity index (χ4v) is 4.31. The van der Waals surface area contributed by atoms with Crippen molar-refractivity contribution in [2.75, 3.05) is 26.2 Å². The van der Waals surface area contributed by atoms with E-state index in [9.17, 15) is 14.7 Å². The number of ketones is 1. The van der Waals surface area contributed by atoms with Crippen LogP contribution in [0.25, 0.3) is 0 Å². The van der Waals surface area contributed by atoms with Crippen LogP contribution in [-0.2, 0) is 4.79 Å². The molecule has 2 aliphatic heterocycles. The Hall–Kier alpha value is -2.57. The monoisotopic (exact) mass is 414 g/mol. The predicted octanol–water partition coefficient (Wildman–Crippen LogP) is 4.00. The Balaban J connectivity index is 1.67. The van der Waals surface area contributed by atoms with Gasteiger partial charge < -0.3 is 19.3 Å². The maximum Gasteiger partial charge on any atom is 0.290 e. The number of carbonyl (C=O) groups is 2. The summed E-state index contributed by atoms with van der Waals surface area (Å²) in [7, 11) is 0. The summed E-state index contributed by atoms with van der Waals surface area (Å²) in [6.07, 6.45) is 4.92. The zero-order chi connectivity index (χ0) is 20.4. The minimum Gasteiger partial charge on any atom is -0.503 e. The fourth-order valence-electron chi connectivity index (χ4n) is 4.11. The minimum atomic E-state index is -0.705. The molecule has 29 heavy (non-hydrogen) atoms. The van der Waals surface area contributed by atoms with E-state index in [0.717, 1.165) is 25.9 Å². The van der Waals surface area contributed by atoms with Crippen molar-refractivity contribution in [2.45, 2.75) is 25.3 Å². The zero-order valence-corrected chi connectivity index (χ0v) is 16.8. The van der Waals surface area contributed by atoms with Gasteiger partial charge in [0, 0.05) is 18.1 Å². The molecule has 1 unspecified atom stereocenters. The molecule has 1 N–H and O–H groups in total. The summed E-state index contributed by atoms with van der Waals surface area (Å²) in [5.41, 5.74) is 0.717. The van der Waals surface area contributed by atoms with Gasteiger partial charge in [0.25, 0.3) is 5.91 Å². The lowest BCUT2D eigenvalue weighted by molar-refractivity contribution is -0.129. The number of Topliss-reactive ketones (excluding diaryl/α,β-unsaturated/α-hetero) is 1. The number of nitrogens with zero attached hydrogens (tertiary/aromatic N) is 2. The summed E-state index contributed by atoms with van der Waals surface area (Å²) in [5, 5.41) is 11.1. The van der Waals surface area contributed by atoms with Crippen molar-refractivity contribution in [1.82, 2.24) is 9.80 Å². The van der Waals surface area contributed by atoms with Crippen LogP contribution in [-0.4, -0.2) is 52.8 Å². The standard InChI is InChI=1S/C22H23ClN2O4/c23-16-7-4-6-15(14-16)19-18(20(26)17-8-5-13-29-17)21(27)22(28)25(19)12-11-24-9-2-1-3-10-24/h4-8,13-14,19,27H,1-3,9-12H2. The van der Waals surface area contributed by atoms with Gasteiger partial charge in [-0.25, -0.2) is 0 Å². The number of halogens is 1. The van der Waals surface area contributed by atoms with E-state index in [2.05, 4.69) is 4.90 Å². The van der Waals surface area contributed by atoms with Crippen LogP contribution in [0.15, 0.2) is 58.4 Å². The van der Waals surface area contributed by atoms with Gasteiger partial charge in [-0.15, -0.1) is 0 Å². The third kappa shape index (κ3) is 3.95. The average molecular weight is 415 g/mol. The summed E-state index contributed by atoms with van der Waals surface area (Å²) in [6.45, 7) is 3.11. The highest BCUT2D eigenvalue weighted by Gasteiger charge is 2.44. The first kappa shape index (κ1) is 19.7. The van der Waals surface area contributed by atoms with Crippen LogP contribution < -0.4 is 0 Å². The average Bonchev–Trinajstić information content (AvgIpc) is 3.35. The summed E-state index contributed by atoms with van der Waals surface area (Å²) >= 11 is 6.18. The third-order valence-electron chi connectivity index (χ3n) is 5.56. The molecule has 1 aromatic carbocycles. The van der Waals surface area contributed by atoms with Crippen molar-refractivity contribution in [3.8, 4) is 0 Å². The molecular weight excluding hydrogens is 392 g/mol. The van der Waals surface area contributed by atoms with E-state index < -0.39 is 23.5 Å². The number of likely N-dealkylation sites (tertiary alicyclic amines) is 1. The van der Waals surface area contributed by atoms with Crippen LogP contribution in [0.5, 0.6) is 0 Å². The Morgan fingerprint density at radius 3 is 2.62 bits per heavy atom. The summed E-state index contributed by atoms with van der Waals surface area (Å²) in [5.74, 6) is -1.47. The highest BCUT2D eigenvalue weighted by Crippen LogP contribution is 2.39. The molecule has 1 aromatic heterocycles. The van der Waals surface area contributed by atoms with Crippen LogP contribution in [0.1, 0.15) is 41.4 Å². The first-order valence-electron chi connectivity index (χ1n) is 9.86. The molecule has 0 aliphatic carbocycles. The second-order valence-corrected chi connectivity index (χ2v) is 7.86. The van der Waals surface area contributed by atoms with E-state index in [1.165, 1.54) is 18.8 Å². The lowest BCUT2D eigenvalue weighted by atomic mass is 9.95. The number of amides is 1. The minimum absolute atomic E-state index is 0.0332. The Morgan fingerprint density at radius 2 is 1.93 bits per heavy atom. The molecule has 6 nitrogen and oxygen atoms in total. The molecule has 2 aliphatic rings. The molecule has 0 saturated carbocycles. The highest BCUT2D eigenvalue weighted by molar-refractivity contribution is 6.30. The Morgan fingerprint density at radius 1 is 1.14 bits per heavy atom. The molecular formula is C22H23ClN2O4. The molecule has 0 spiro atoms. The third-order valence-corrected chi connectivity index (χ3v) is 5.80. The van der Waals surface area contributed by atoms with E-state index in [1.54, 1.807) is 29.2 Å². The number of hydrogen-bond donors (Lipinski definition) is 1. The molecule has 4 rings (SSSR count). The molecule has 1 fully saturated rings. The molecule has 1 saturated heterocycles. The van der Waals surface area contributed by atoms with Gasteiger partial charge in [0.05, 0.1) is 17.9 Å². The van der Waals surface area contributed by atoms with Gasteiger partial charge in [-0.2, -0.15) is 0 Å². The van der Waals surface area contributed by atoms with Gasteiger partial charge in [0.15, 0.2) is 11.5 Å². The summed E-state index contributed by atoms with van der Waals surface area (Å²) in [6, 6.07) is 9.46. The van der Waals surface area contributed by atoms with Gasteiger partial charge in [0.2, 0.25) is 5.78 Å². The maximum absolute atomic E-state index is 13.1. The summed E-state index contributed by atoms with van der Waals surface area (Å²) < 4.78 is 5.23. The number of hydrogen-bond acceptors (Lipinski definition) is 5. The second kappa shape index (κ2) is 8.43. The van der Waals surface area contributed by atoms with Gasteiger partial charge in [-0.1, -0.05) is 30.2 Å². The lowest BCUT2D eigenvalue weighted by Gasteiger charge is -2.31. The Kier molecular flexibility index (Phi) is 5.74. The second-order valence-electron chi connectivity index (χ2n) is 7.43. The highest BCUT2D eigenvalue weighted by atomic mass is 35.5. The molecule has 1 amide bonds. The normalized spacial score (nSPS) is 20.5. The molecule has 3 heterocycles. The van der Waals surface area contributed by atoms with Gasteiger partial charge in [-0.05, 0) is 55.8 Å². The Bertz CT molecular complexity index is 932. The SMILES string of the molecule is O=C(C1=C(O)C(=O)N(CCN2CCCCC2)C1c1cccc(Cl)c1)c1ccco1. The van der Waals surface area contributed by atoms with Crippen LogP contribution in [0.3, 0.4) is 0 Å². The smallest absolute Gasteiger partial charge is 0.290 e. The number of furan rings is 1. The lowest BCUT2D eigenvalue weighted by Crippen LogP contribution is -2.40. The maximum atomic E-state index is 13.1. The number of rotatable bonds is 6. The van der Waals surface area contributed by atoms with E-state index in [1.807, 2.05) is 6.07 Å². The van der Waals surface area contributed by atoms with Crippen LogP contribution >= 0.6 is 11.6 Å². The van der Waals surface area contributed by atoms with Gasteiger partial charge in [-0.3, -0.25) is 9.59 Å². The van der Waals surface area contributed by atoms with Crippen molar-refractivity contribution in [3.63, 3.8) is 0 Å². The molecule has 0 radical (unpaired) electrons. The predicted molar refractivity (Wildman–Crippen MR) is 109 cm³/mol. The van der Waals surface area contributed by atoms with E-state index in [-0.39, 0.29) is 11.3 Å². The van der Waals surface area contributed by atoms with Crippen LogP contribution in [0.2, 0.25) is 5.02 Å². The van der Waals surface area contributed by atoms with Gasteiger partial charge in [0.1, 0.15) is 0 Å². The van der Waals surface area contributed by atoms with Crippen LogP contribution in [0, 0.1) is 0 Å². The van der Waals surface area contributed by atoms with E-state index >= 15 is 0 Å². The first-order valence-corrected chi connectivity index (χ1v) is 10.2. The van der Waals surface area contributed by atoms with Crippen molar-refractivity contribution in [2.24, 2.45) is 0 Å². The number of piperidine rings is 1. The largest absolute Gasteiger partial charge is 0.503 e. The van der Waals surface area contributed by atoms with Crippen molar-refractivity contribution >= 4 is 23.3 Å². The number of benzene rings is 1. The first-order chi connectivity index (χ1) is 14.1. The molecule has 152 valence electrons. The van der Waals surface area contributed by atoms with E-state index in [4.69, 9.17) is 16.0 Å². The van der Waals surface area contributed by atoms with E-state index in [0.29, 0.717) is 23.7 Å². The molecule has 0 bridgehead atoms. The van der Waals surface area contributed by atoms with Crippen molar-refractivity contribution in [3.05, 3.63) is 70.3 Å². The van der Waals surface area contributed by atoms with Crippen molar-refractivity contribution in [1.29, 1.82) is 0 Å². The summed E-state index contributed by atoms with van der Waals surface area (Å²) in [4.78, 5) is 29.8. The van der Waals surface area contributed by atoms with Crippen LogP contribution in [0.4, 0.5) is 0 Å². The Labute approximate surface area is 174 Å². The molecule has 7 heteroatoms. The van der Waals surface area contributed by atoms with Crippen molar-refractivity contribution < 1.29 is 19.1 Å². The zero-order valence-electron chi connectivity index (χ0n) is 16.0. The number of aliphatic hydroxyl groups excluding tert-OH is 1. The van der Waals surface area contributed by atoms with Gasteiger partial charge >= 0.3 is 0 Å².